The van der Waals surface area contributed by atoms with E-state index < -0.39 is 0 Å². The second kappa shape index (κ2) is 12.1. The molecular weight excluding hydrogens is 721 g/mol. The Balaban J connectivity index is 0.993. The molecule has 268 valence electrons. The number of rotatable bonds is 3. The molecule has 0 saturated carbocycles. The van der Waals surface area contributed by atoms with Crippen LogP contribution in [0.25, 0.3) is 129 Å². The first kappa shape index (κ1) is 31.9. The summed E-state index contributed by atoms with van der Waals surface area (Å²) in [5.74, 6) is 0. The highest BCUT2D eigenvalue weighted by molar-refractivity contribution is 7.26. The first-order chi connectivity index (χ1) is 28.8. The molecule has 0 saturated heterocycles. The van der Waals surface area contributed by atoms with Gasteiger partial charge in [0.1, 0.15) is 11.2 Å². The molecule has 2 heteroatoms. The zero-order valence-electron chi connectivity index (χ0n) is 31.3. The van der Waals surface area contributed by atoms with Crippen molar-refractivity contribution in [2.24, 2.45) is 0 Å². The van der Waals surface area contributed by atoms with Crippen molar-refractivity contribution in [2.45, 2.75) is 0 Å². The molecule has 1 nitrogen and oxygen atoms in total. The summed E-state index contributed by atoms with van der Waals surface area (Å²) in [5, 5.41) is 17.8. The number of benzene rings is 11. The van der Waals surface area contributed by atoms with Gasteiger partial charge in [0.15, 0.2) is 0 Å². The van der Waals surface area contributed by atoms with Gasteiger partial charge in [0.2, 0.25) is 0 Å². The number of hydrogen-bond donors (Lipinski definition) is 0. The van der Waals surface area contributed by atoms with Crippen LogP contribution in [0.4, 0.5) is 0 Å². The Morgan fingerprint density at radius 1 is 0.276 bits per heavy atom. The van der Waals surface area contributed by atoms with E-state index in [0.29, 0.717) is 0 Å². The molecule has 2 heterocycles. The molecule has 0 aliphatic carbocycles. The number of thiophene rings is 1. The van der Waals surface area contributed by atoms with Crippen LogP contribution in [0.1, 0.15) is 0 Å². The van der Waals surface area contributed by atoms with Gasteiger partial charge in [-0.2, -0.15) is 0 Å². The summed E-state index contributed by atoms with van der Waals surface area (Å²) < 4.78 is 9.17. The van der Waals surface area contributed by atoms with Gasteiger partial charge >= 0.3 is 0 Å². The highest BCUT2D eigenvalue weighted by Crippen LogP contribution is 2.47. The predicted octanol–water partition coefficient (Wildman–Crippen LogP) is 16.7. The summed E-state index contributed by atoms with van der Waals surface area (Å²) in [6.45, 7) is 0. The third-order valence-corrected chi connectivity index (χ3v) is 13.6. The molecule has 0 N–H and O–H groups in total. The molecule has 0 amide bonds. The van der Waals surface area contributed by atoms with Gasteiger partial charge in [-0.1, -0.05) is 158 Å². The van der Waals surface area contributed by atoms with Crippen LogP contribution < -0.4 is 0 Å². The van der Waals surface area contributed by atoms with Crippen molar-refractivity contribution < 1.29 is 4.42 Å². The minimum Gasteiger partial charge on any atom is -0.456 e. The fraction of sp³-hybridized carbons (Fsp3) is 0. The lowest BCUT2D eigenvalue weighted by atomic mass is 9.86. The Hall–Kier alpha value is -7.26. The lowest BCUT2D eigenvalue weighted by Crippen LogP contribution is -1.90. The molecule has 0 atom stereocenters. The first-order valence-corrected chi connectivity index (χ1v) is 20.7. The normalized spacial score (nSPS) is 12.1. The van der Waals surface area contributed by atoms with Crippen LogP contribution in [0.3, 0.4) is 0 Å². The number of furan rings is 1. The maximum atomic E-state index is 6.51. The van der Waals surface area contributed by atoms with Crippen molar-refractivity contribution in [3.63, 3.8) is 0 Å². The quantitative estimate of drug-likeness (QED) is 0.129. The maximum absolute atomic E-state index is 6.51. The highest BCUT2D eigenvalue weighted by Gasteiger charge is 2.19. The molecule has 0 bridgehead atoms. The van der Waals surface area contributed by atoms with E-state index in [1.807, 2.05) is 11.3 Å². The fourth-order valence-corrected chi connectivity index (χ4v) is 11.1. The molecule has 0 spiro atoms. The minimum atomic E-state index is 0.899. The van der Waals surface area contributed by atoms with Crippen molar-refractivity contribution in [1.82, 2.24) is 0 Å². The van der Waals surface area contributed by atoms with Gasteiger partial charge in [0.05, 0.1) is 0 Å². The Bertz CT molecular complexity index is 3760. The molecule has 0 fully saturated rings. The Labute approximate surface area is 337 Å². The Morgan fingerprint density at radius 3 is 1.33 bits per heavy atom. The number of hydrogen-bond acceptors (Lipinski definition) is 2. The molecule has 0 aliphatic heterocycles. The molecule has 0 aliphatic rings. The van der Waals surface area contributed by atoms with Gasteiger partial charge in [0.25, 0.3) is 0 Å². The average Bonchev–Trinajstić information content (AvgIpc) is 3.85. The monoisotopic (exact) mass is 752 g/mol. The van der Waals surface area contributed by atoms with Crippen LogP contribution in [-0.4, -0.2) is 0 Å². The van der Waals surface area contributed by atoms with Gasteiger partial charge in [0, 0.05) is 36.3 Å². The topological polar surface area (TPSA) is 13.1 Å². The van der Waals surface area contributed by atoms with E-state index in [1.54, 1.807) is 0 Å². The summed E-state index contributed by atoms with van der Waals surface area (Å²) >= 11 is 1.91. The van der Waals surface area contributed by atoms with Crippen LogP contribution in [-0.2, 0) is 0 Å². The maximum Gasteiger partial charge on any atom is 0.135 e. The lowest BCUT2D eigenvalue weighted by molar-refractivity contribution is 0.669. The zero-order valence-corrected chi connectivity index (χ0v) is 32.1. The van der Waals surface area contributed by atoms with E-state index in [2.05, 4.69) is 194 Å². The first-order valence-electron chi connectivity index (χ1n) is 19.9. The van der Waals surface area contributed by atoms with Gasteiger partial charge in [-0.05, 0) is 118 Å². The van der Waals surface area contributed by atoms with Crippen LogP contribution in [0.2, 0.25) is 0 Å². The smallest absolute Gasteiger partial charge is 0.135 e. The van der Waals surface area contributed by atoms with E-state index in [-0.39, 0.29) is 0 Å². The van der Waals surface area contributed by atoms with E-state index in [4.69, 9.17) is 4.42 Å². The average molecular weight is 753 g/mol. The van der Waals surface area contributed by atoms with Crippen LogP contribution >= 0.6 is 11.3 Å². The summed E-state index contributed by atoms with van der Waals surface area (Å²) in [7, 11) is 0. The molecular formula is C56H32OS. The second-order valence-corrected chi connectivity index (χ2v) is 16.6. The molecule has 13 rings (SSSR count). The molecule has 11 aromatic carbocycles. The fourth-order valence-electron chi connectivity index (χ4n) is 9.87. The Kier molecular flexibility index (Phi) is 6.66. The summed E-state index contributed by atoms with van der Waals surface area (Å²) in [6, 6.07) is 71.3. The van der Waals surface area contributed by atoms with Crippen LogP contribution in [0, 0.1) is 0 Å². The van der Waals surface area contributed by atoms with Gasteiger partial charge in [-0.15, -0.1) is 11.3 Å². The van der Waals surface area contributed by atoms with Crippen molar-refractivity contribution in [2.75, 3.05) is 0 Å². The summed E-state index contributed by atoms with van der Waals surface area (Å²) in [4.78, 5) is 0. The van der Waals surface area contributed by atoms with Crippen molar-refractivity contribution in [1.29, 1.82) is 0 Å². The van der Waals surface area contributed by atoms with Gasteiger partial charge in [-0.3, -0.25) is 0 Å². The van der Waals surface area contributed by atoms with E-state index in [1.165, 1.54) is 107 Å². The third-order valence-electron chi connectivity index (χ3n) is 12.4. The largest absolute Gasteiger partial charge is 0.456 e. The Morgan fingerprint density at radius 2 is 0.707 bits per heavy atom. The van der Waals surface area contributed by atoms with Gasteiger partial charge in [-0.25, -0.2) is 0 Å². The highest BCUT2D eigenvalue weighted by atomic mass is 32.1. The van der Waals surface area contributed by atoms with Crippen LogP contribution in [0.15, 0.2) is 199 Å². The third kappa shape index (κ3) is 4.52. The van der Waals surface area contributed by atoms with Crippen molar-refractivity contribution >= 4 is 107 Å². The SMILES string of the molecule is c1ccc(-c2c3ccccc3c(-c3ccc4oc5ccc(-c6ccc7sc8c(ccc9c%10ccccc%10c%10ccccc%10c98)c7c6)cc5c4c3)c3ccccc23)cc1. The lowest BCUT2D eigenvalue weighted by Gasteiger charge is -2.17. The minimum absolute atomic E-state index is 0.899. The summed E-state index contributed by atoms with van der Waals surface area (Å²) in [6.07, 6.45) is 0. The van der Waals surface area contributed by atoms with E-state index in [9.17, 15) is 0 Å². The van der Waals surface area contributed by atoms with Crippen LogP contribution in [0.5, 0.6) is 0 Å². The predicted molar refractivity (Wildman–Crippen MR) is 250 cm³/mol. The molecule has 58 heavy (non-hydrogen) atoms. The van der Waals surface area contributed by atoms with E-state index in [0.717, 1.165) is 21.9 Å². The van der Waals surface area contributed by atoms with E-state index >= 15 is 0 Å². The standard InChI is InChI=1S/C56H32OS/c1-2-12-33(13-3-1)53-41-18-8-10-20-43(41)54(44-21-11-9-19-42(44)53)36-23-28-51-48(32-36)47-30-34(22-27-50(47)57-51)35-24-29-52-49(31-35)46-26-25-45-39-16-5-4-14-37(39)38-15-6-7-17-40(38)55(45)56(46)58-52/h1-32H. The molecule has 13 aromatic rings. The molecule has 2 aromatic heterocycles. The zero-order chi connectivity index (χ0) is 37.9. The van der Waals surface area contributed by atoms with Crippen molar-refractivity contribution in [3.05, 3.63) is 194 Å². The summed E-state index contributed by atoms with van der Waals surface area (Å²) in [5.41, 5.74) is 9.13. The van der Waals surface area contributed by atoms with Crippen molar-refractivity contribution in [3.8, 4) is 33.4 Å². The second-order valence-electron chi connectivity index (χ2n) is 15.5. The van der Waals surface area contributed by atoms with Gasteiger partial charge < -0.3 is 4.42 Å². The molecule has 0 unspecified atom stereocenters. The molecule has 0 radical (unpaired) electrons. The number of fused-ring (bicyclic) bond motifs is 15.